The Morgan fingerprint density at radius 2 is 2.15 bits per heavy atom. The highest BCUT2D eigenvalue weighted by Crippen LogP contribution is 2.27. The van der Waals surface area contributed by atoms with Gasteiger partial charge in [0.2, 0.25) is 0 Å². The molecular weight excluding hydrogens is 268 g/mol. The van der Waals surface area contributed by atoms with Crippen LogP contribution in [-0.2, 0) is 13.2 Å². The second-order valence-corrected chi connectivity index (χ2v) is 5.95. The van der Waals surface area contributed by atoms with Crippen molar-refractivity contribution in [3.05, 3.63) is 57.9 Å². The SMILES string of the molecule is Cc1sc(CN)cc1COc1cccc2ncccc12. The zero-order valence-corrected chi connectivity index (χ0v) is 12.1. The van der Waals surface area contributed by atoms with E-state index in [9.17, 15) is 0 Å². The van der Waals surface area contributed by atoms with Gasteiger partial charge in [0.15, 0.2) is 0 Å². The Morgan fingerprint density at radius 1 is 1.25 bits per heavy atom. The summed E-state index contributed by atoms with van der Waals surface area (Å²) in [5.74, 6) is 0.871. The molecule has 2 heterocycles. The predicted octanol–water partition coefficient (Wildman–Crippen LogP) is 3.64. The first kappa shape index (κ1) is 13.1. The van der Waals surface area contributed by atoms with E-state index in [1.54, 1.807) is 17.5 Å². The van der Waals surface area contributed by atoms with Crippen molar-refractivity contribution >= 4 is 22.2 Å². The number of rotatable bonds is 4. The molecule has 3 aromatic rings. The fourth-order valence-corrected chi connectivity index (χ4v) is 3.11. The maximum Gasteiger partial charge on any atom is 0.129 e. The van der Waals surface area contributed by atoms with Gasteiger partial charge in [-0.15, -0.1) is 11.3 Å². The van der Waals surface area contributed by atoms with Gasteiger partial charge in [-0.25, -0.2) is 0 Å². The molecule has 102 valence electrons. The van der Waals surface area contributed by atoms with Gasteiger partial charge >= 0.3 is 0 Å². The van der Waals surface area contributed by atoms with Crippen LogP contribution in [0.5, 0.6) is 5.75 Å². The van der Waals surface area contributed by atoms with Crippen LogP contribution in [0.15, 0.2) is 42.6 Å². The molecule has 0 aliphatic carbocycles. The number of ether oxygens (including phenoxy) is 1. The third-order valence-electron chi connectivity index (χ3n) is 3.26. The standard InChI is InChI=1S/C16H16N2OS/c1-11-12(8-13(9-17)20-11)10-19-16-6-2-5-15-14(16)4-3-7-18-15/h2-8H,9-10,17H2,1H3. The average molecular weight is 284 g/mol. The normalized spacial score (nSPS) is 10.9. The summed E-state index contributed by atoms with van der Waals surface area (Å²) in [6, 6.07) is 12.0. The maximum absolute atomic E-state index is 5.97. The van der Waals surface area contributed by atoms with Crippen LogP contribution in [0.4, 0.5) is 0 Å². The highest BCUT2D eigenvalue weighted by Gasteiger charge is 2.07. The molecular formula is C16H16N2OS. The third-order valence-corrected chi connectivity index (χ3v) is 4.38. The molecule has 0 spiro atoms. The number of hydrogen-bond donors (Lipinski definition) is 1. The third kappa shape index (κ3) is 2.53. The fraction of sp³-hybridized carbons (Fsp3) is 0.188. The molecule has 2 aromatic heterocycles. The van der Waals surface area contributed by atoms with Crippen molar-refractivity contribution in [2.75, 3.05) is 0 Å². The summed E-state index contributed by atoms with van der Waals surface area (Å²) in [6.07, 6.45) is 1.79. The summed E-state index contributed by atoms with van der Waals surface area (Å²) in [6.45, 7) is 3.26. The number of nitrogens with two attached hydrogens (primary N) is 1. The maximum atomic E-state index is 5.97. The summed E-state index contributed by atoms with van der Waals surface area (Å²) in [4.78, 5) is 6.80. The first-order chi connectivity index (χ1) is 9.78. The molecule has 0 saturated heterocycles. The Kier molecular flexibility index (Phi) is 3.67. The van der Waals surface area contributed by atoms with E-state index in [1.165, 1.54) is 15.3 Å². The first-order valence-electron chi connectivity index (χ1n) is 6.52. The Bertz CT molecular complexity index is 731. The quantitative estimate of drug-likeness (QED) is 0.795. The minimum atomic E-state index is 0.566. The van der Waals surface area contributed by atoms with E-state index in [2.05, 4.69) is 18.0 Å². The van der Waals surface area contributed by atoms with Crippen LogP contribution in [-0.4, -0.2) is 4.98 Å². The second-order valence-electron chi connectivity index (χ2n) is 4.61. The average Bonchev–Trinajstić information content (AvgIpc) is 2.85. The van der Waals surface area contributed by atoms with Gasteiger partial charge in [0.05, 0.1) is 5.52 Å². The van der Waals surface area contributed by atoms with Crippen LogP contribution in [0.3, 0.4) is 0 Å². The number of aromatic nitrogens is 1. The molecule has 0 amide bonds. The van der Waals surface area contributed by atoms with Crippen LogP contribution in [0, 0.1) is 6.92 Å². The van der Waals surface area contributed by atoms with Crippen LogP contribution < -0.4 is 10.5 Å². The number of aryl methyl sites for hydroxylation is 1. The Balaban J connectivity index is 1.85. The molecule has 0 aliphatic heterocycles. The molecule has 1 aromatic carbocycles. The van der Waals surface area contributed by atoms with Crippen molar-refractivity contribution in [3.8, 4) is 5.75 Å². The van der Waals surface area contributed by atoms with Crippen LogP contribution >= 0.6 is 11.3 Å². The van der Waals surface area contributed by atoms with Crippen molar-refractivity contribution in [3.63, 3.8) is 0 Å². The van der Waals surface area contributed by atoms with Gasteiger partial charge in [0, 0.05) is 33.4 Å². The molecule has 0 fully saturated rings. The van der Waals surface area contributed by atoms with Crippen molar-refractivity contribution in [1.29, 1.82) is 0 Å². The van der Waals surface area contributed by atoms with E-state index in [0.717, 1.165) is 16.7 Å². The predicted molar refractivity (Wildman–Crippen MR) is 83.0 cm³/mol. The van der Waals surface area contributed by atoms with Gasteiger partial charge in [-0.05, 0) is 37.3 Å². The molecule has 0 aliphatic rings. The van der Waals surface area contributed by atoms with Gasteiger partial charge in [-0.2, -0.15) is 0 Å². The van der Waals surface area contributed by atoms with Crippen LogP contribution in [0.1, 0.15) is 15.3 Å². The summed E-state index contributed by atoms with van der Waals surface area (Å²) in [5.41, 5.74) is 7.83. The molecule has 0 radical (unpaired) electrons. The van der Waals surface area contributed by atoms with Gasteiger partial charge in [0.1, 0.15) is 12.4 Å². The van der Waals surface area contributed by atoms with Gasteiger partial charge < -0.3 is 10.5 Å². The number of benzene rings is 1. The zero-order valence-electron chi connectivity index (χ0n) is 11.3. The molecule has 2 N–H and O–H groups in total. The number of hydrogen-bond acceptors (Lipinski definition) is 4. The summed E-state index contributed by atoms with van der Waals surface area (Å²) < 4.78 is 5.97. The number of pyridine rings is 1. The monoisotopic (exact) mass is 284 g/mol. The second kappa shape index (κ2) is 5.61. The Hall–Kier alpha value is -1.91. The van der Waals surface area contributed by atoms with Crippen molar-refractivity contribution in [2.24, 2.45) is 5.73 Å². The lowest BCUT2D eigenvalue weighted by Crippen LogP contribution is -1.97. The van der Waals surface area contributed by atoms with E-state index in [1.807, 2.05) is 30.3 Å². The summed E-state index contributed by atoms with van der Waals surface area (Å²) >= 11 is 1.74. The molecule has 3 rings (SSSR count). The molecule has 0 atom stereocenters. The van der Waals surface area contributed by atoms with E-state index in [-0.39, 0.29) is 0 Å². The first-order valence-corrected chi connectivity index (χ1v) is 7.34. The minimum Gasteiger partial charge on any atom is -0.488 e. The molecule has 0 bridgehead atoms. The summed E-state index contributed by atoms with van der Waals surface area (Å²) in [5, 5.41) is 1.04. The Labute approximate surface area is 122 Å². The molecule has 4 heteroatoms. The van der Waals surface area contributed by atoms with Crippen LogP contribution in [0.2, 0.25) is 0 Å². The highest BCUT2D eigenvalue weighted by atomic mass is 32.1. The van der Waals surface area contributed by atoms with Gasteiger partial charge in [-0.1, -0.05) is 6.07 Å². The van der Waals surface area contributed by atoms with Crippen molar-refractivity contribution in [1.82, 2.24) is 4.98 Å². The zero-order chi connectivity index (χ0) is 13.9. The Morgan fingerprint density at radius 3 is 2.95 bits per heavy atom. The minimum absolute atomic E-state index is 0.566. The van der Waals surface area contributed by atoms with Crippen LogP contribution in [0.25, 0.3) is 10.9 Å². The molecule has 0 unspecified atom stereocenters. The lowest BCUT2D eigenvalue weighted by atomic mass is 10.2. The largest absolute Gasteiger partial charge is 0.488 e. The highest BCUT2D eigenvalue weighted by molar-refractivity contribution is 7.12. The number of fused-ring (bicyclic) bond motifs is 1. The van der Waals surface area contributed by atoms with Crippen molar-refractivity contribution in [2.45, 2.75) is 20.1 Å². The summed E-state index contributed by atoms with van der Waals surface area (Å²) in [7, 11) is 0. The fourth-order valence-electron chi connectivity index (χ4n) is 2.19. The smallest absolute Gasteiger partial charge is 0.129 e. The van der Waals surface area contributed by atoms with E-state index in [0.29, 0.717) is 13.2 Å². The lowest BCUT2D eigenvalue weighted by molar-refractivity contribution is 0.310. The number of nitrogens with zero attached hydrogens (tertiary/aromatic N) is 1. The van der Waals surface area contributed by atoms with Gasteiger partial charge in [-0.3, -0.25) is 4.98 Å². The van der Waals surface area contributed by atoms with Gasteiger partial charge in [0.25, 0.3) is 0 Å². The van der Waals surface area contributed by atoms with Crippen molar-refractivity contribution < 1.29 is 4.74 Å². The number of thiophene rings is 1. The topological polar surface area (TPSA) is 48.1 Å². The van der Waals surface area contributed by atoms with E-state index < -0.39 is 0 Å². The lowest BCUT2D eigenvalue weighted by Gasteiger charge is -2.08. The van der Waals surface area contributed by atoms with E-state index in [4.69, 9.17) is 10.5 Å². The molecule has 0 saturated carbocycles. The molecule has 20 heavy (non-hydrogen) atoms. The molecule has 3 nitrogen and oxygen atoms in total. The van der Waals surface area contributed by atoms with E-state index >= 15 is 0 Å².